The van der Waals surface area contributed by atoms with Gasteiger partial charge in [0.15, 0.2) is 0 Å². The molecule has 0 unspecified atom stereocenters. The number of nitrogens with zero attached hydrogens (tertiary/aromatic N) is 3. The van der Waals surface area contributed by atoms with Gasteiger partial charge in [0.05, 0.1) is 13.7 Å². The molecule has 0 spiro atoms. The number of methoxy groups -OCH3 is 1. The summed E-state index contributed by atoms with van der Waals surface area (Å²) in [5.74, 6) is 1.09. The molecule has 2 aromatic rings. The minimum absolute atomic E-state index is 0.0864. The molecule has 1 aromatic carbocycles. The van der Waals surface area contributed by atoms with Crippen molar-refractivity contribution in [3.63, 3.8) is 0 Å². The highest BCUT2D eigenvalue weighted by molar-refractivity contribution is 5.42. The van der Waals surface area contributed by atoms with Crippen LogP contribution in [0.3, 0.4) is 0 Å². The number of rotatable bonds is 5. The number of anilines is 1. The van der Waals surface area contributed by atoms with Gasteiger partial charge in [-0.15, -0.1) is 0 Å². The summed E-state index contributed by atoms with van der Waals surface area (Å²) >= 11 is 0. The predicted molar refractivity (Wildman–Crippen MR) is 89.7 cm³/mol. The maximum absolute atomic E-state index is 13.1. The lowest BCUT2D eigenvalue weighted by Crippen LogP contribution is -2.47. The molecule has 128 valence electrons. The van der Waals surface area contributed by atoms with Crippen LogP contribution < -0.4 is 9.64 Å². The normalized spacial score (nSPS) is 20.9. The Balaban J connectivity index is 1.79. The van der Waals surface area contributed by atoms with Gasteiger partial charge in [0.1, 0.15) is 18.0 Å². The van der Waals surface area contributed by atoms with E-state index < -0.39 is 0 Å². The highest BCUT2D eigenvalue weighted by Crippen LogP contribution is 2.35. The fraction of sp³-hybridized carbons (Fsp3) is 0.444. The van der Waals surface area contributed by atoms with E-state index in [4.69, 9.17) is 4.74 Å². The maximum Gasteiger partial charge on any atom is 0.218 e. The first-order valence-corrected chi connectivity index (χ1v) is 8.10. The molecular weight excluding hydrogens is 309 g/mol. The number of benzene rings is 1. The molecule has 0 saturated carbocycles. The number of hydrogen-bond acceptors (Lipinski definition) is 5. The van der Waals surface area contributed by atoms with Crippen molar-refractivity contribution in [3.8, 4) is 5.88 Å². The van der Waals surface area contributed by atoms with Crippen LogP contribution >= 0.6 is 0 Å². The van der Waals surface area contributed by atoms with Gasteiger partial charge in [-0.3, -0.25) is 0 Å². The van der Waals surface area contributed by atoms with Gasteiger partial charge >= 0.3 is 0 Å². The summed E-state index contributed by atoms with van der Waals surface area (Å²) in [7, 11) is 1.58. The van der Waals surface area contributed by atoms with Crippen molar-refractivity contribution >= 4 is 5.82 Å². The Labute approximate surface area is 141 Å². The van der Waals surface area contributed by atoms with Gasteiger partial charge in [-0.25, -0.2) is 14.4 Å². The SMILES string of the molecule is COc1cc(N2CCC[C@](CO)(Cc3ccc(F)cc3)C2)ncn1. The number of halogens is 1. The van der Waals surface area contributed by atoms with Crippen LogP contribution in [-0.2, 0) is 6.42 Å². The maximum atomic E-state index is 13.1. The third-order valence-electron chi connectivity index (χ3n) is 4.65. The number of ether oxygens (including phenoxy) is 1. The standard InChI is InChI=1S/C18H22FN3O2/c1-24-17-9-16(20-13-21-17)22-8-2-7-18(11-22,12-23)10-14-3-5-15(19)6-4-14/h3-6,9,13,23H,2,7-8,10-12H2,1H3/t18-/m0/s1. The monoisotopic (exact) mass is 331 g/mol. The largest absolute Gasteiger partial charge is 0.481 e. The van der Waals surface area contributed by atoms with Gasteiger partial charge in [-0.05, 0) is 37.0 Å². The summed E-state index contributed by atoms with van der Waals surface area (Å²) in [6.45, 7) is 1.66. The first kappa shape index (κ1) is 16.6. The summed E-state index contributed by atoms with van der Waals surface area (Å²) in [4.78, 5) is 10.5. The molecule has 5 nitrogen and oxygen atoms in total. The molecule has 3 rings (SSSR count). The van der Waals surface area contributed by atoms with Crippen molar-refractivity contribution in [2.24, 2.45) is 5.41 Å². The number of piperidine rings is 1. The van der Waals surface area contributed by atoms with Crippen LogP contribution in [0.1, 0.15) is 18.4 Å². The van der Waals surface area contributed by atoms with Gasteiger partial charge in [0.2, 0.25) is 5.88 Å². The average molecular weight is 331 g/mol. The average Bonchev–Trinajstić information content (AvgIpc) is 2.64. The Morgan fingerprint density at radius 1 is 1.29 bits per heavy atom. The molecule has 6 heteroatoms. The van der Waals surface area contributed by atoms with Gasteiger partial charge < -0.3 is 14.7 Å². The minimum atomic E-state index is -0.256. The van der Waals surface area contributed by atoms with Crippen molar-refractivity contribution in [3.05, 3.63) is 48.0 Å². The molecule has 0 amide bonds. The Morgan fingerprint density at radius 2 is 2.08 bits per heavy atom. The lowest BCUT2D eigenvalue weighted by molar-refractivity contribution is 0.105. The van der Waals surface area contributed by atoms with Gasteiger partial charge in [0, 0.05) is 24.6 Å². The van der Waals surface area contributed by atoms with E-state index in [1.807, 2.05) is 6.07 Å². The third kappa shape index (κ3) is 3.64. The lowest BCUT2D eigenvalue weighted by atomic mass is 9.75. The van der Waals surface area contributed by atoms with E-state index in [-0.39, 0.29) is 17.8 Å². The number of aromatic nitrogens is 2. The van der Waals surface area contributed by atoms with E-state index in [2.05, 4.69) is 14.9 Å². The van der Waals surface area contributed by atoms with Gasteiger partial charge in [0.25, 0.3) is 0 Å². The molecular formula is C18H22FN3O2. The molecule has 0 bridgehead atoms. The van der Waals surface area contributed by atoms with Crippen LogP contribution in [0.25, 0.3) is 0 Å². The number of hydrogen-bond donors (Lipinski definition) is 1. The molecule has 1 saturated heterocycles. The van der Waals surface area contributed by atoms with Crippen molar-refractivity contribution in [2.75, 3.05) is 31.7 Å². The van der Waals surface area contributed by atoms with Crippen LogP contribution in [0.5, 0.6) is 5.88 Å². The lowest BCUT2D eigenvalue weighted by Gasteiger charge is -2.42. The number of aliphatic hydroxyl groups excluding tert-OH is 1. The third-order valence-corrected chi connectivity index (χ3v) is 4.65. The highest BCUT2D eigenvalue weighted by Gasteiger charge is 2.35. The second kappa shape index (κ2) is 7.13. The van der Waals surface area contributed by atoms with Crippen LogP contribution in [-0.4, -0.2) is 41.9 Å². The Hall–Kier alpha value is -2.21. The minimum Gasteiger partial charge on any atom is -0.481 e. The predicted octanol–water partition coefficient (Wildman–Crippen LogP) is 2.45. The van der Waals surface area contributed by atoms with Crippen molar-refractivity contribution < 1.29 is 14.2 Å². The zero-order valence-electron chi connectivity index (χ0n) is 13.8. The molecule has 1 fully saturated rings. The Kier molecular flexibility index (Phi) is 4.94. The molecule has 1 atom stereocenters. The van der Waals surface area contributed by atoms with Crippen molar-refractivity contribution in [1.29, 1.82) is 0 Å². The van der Waals surface area contributed by atoms with Gasteiger partial charge in [-0.1, -0.05) is 12.1 Å². The molecule has 0 radical (unpaired) electrons. The quantitative estimate of drug-likeness (QED) is 0.912. The summed E-state index contributed by atoms with van der Waals surface area (Å²) in [5.41, 5.74) is 0.779. The van der Waals surface area contributed by atoms with Crippen LogP contribution in [0.15, 0.2) is 36.7 Å². The fourth-order valence-corrected chi connectivity index (χ4v) is 3.38. The molecule has 1 aliphatic heterocycles. The summed E-state index contributed by atoms with van der Waals surface area (Å²) in [5, 5.41) is 10.1. The summed E-state index contributed by atoms with van der Waals surface area (Å²) in [6.07, 6.45) is 4.10. The molecule has 1 aliphatic rings. The zero-order chi connectivity index (χ0) is 17.0. The first-order valence-electron chi connectivity index (χ1n) is 8.10. The second-order valence-electron chi connectivity index (χ2n) is 6.41. The highest BCUT2D eigenvalue weighted by atomic mass is 19.1. The van der Waals surface area contributed by atoms with Crippen molar-refractivity contribution in [2.45, 2.75) is 19.3 Å². The zero-order valence-corrected chi connectivity index (χ0v) is 13.8. The van der Waals surface area contributed by atoms with Crippen LogP contribution in [0.2, 0.25) is 0 Å². The summed E-state index contributed by atoms with van der Waals surface area (Å²) < 4.78 is 18.3. The van der Waals surface area contributed by atoms with E-state index in [1.165, 1.54) is 18.5 Å². The molecule has 1 aromatic heterocycles. The van der Waals surface area contributed by atoms with E-state index in [9.17, 15) is 9.50 Å². The fourth-order valence-electron chi connectivity index (χ4n) is 3.38. The first-order chi connectivity index (χ1) is 11.6. The molecule has 24 heavy (non-hydrogen) atoms. The Morgan fingerprint density at radius 3 is 2.79 bits per heavy atom. The van der Waals surface area contributed by atoms with Gasteiger partial charge in [-0.2, -0.15) is 0 Å². The van der Waals surface area contributed by atoms with Crippen LogP contribution in [0, 0.1) is 11.2 Å². The molecule has 0 aliphatic carbocycles. The smallest absolute Gasteiger partial charge is 0.218 e. The molecule has 1 N–H and O–H groups in total. The second-order valence-corrected chi connectivity index (χ2v) is 6.41. The van der Waals surface area contributed by atoms with Crippen LogP contribution in [0.4, 0.5) is 10.2 Å². The Bertz CT molecular complexity index is 680. The van der Waals surface area contributed by atoms with E-state index in [0.29, 0.717) is 18.8 Å². The molecule has 2 heterocycles. The topological polar surface area (TPSA) is 58.5 Å². The number of aliphatic hydroxyl groups is 1. The van der Waals surface area contributed by atoms with E-state index in [1.54, 1.807) is 19.2 Å². The van der Waals surface area contributed by atoms with Crippen molar-refractivity contribution in [1.82, 2.24) is 9.97 Å². The summed E-state index contributed by atoms with van der Waals surface area (Å²) in [6, 6.07) is 8.33. The van der Waals surface area contributed by atoms with E-state index in [0.717, 1.165) is 30.8 Å². The van der Waals surface area contributed by atoms with E-state index >= 15 is 0 Å².